The number of nitrogens with zero attached hydrogens (tertiary/aromatic N) is 2. The lowest BCUT2D eigenvalue weighted by molar-refractivity contribution is -0.113. The van der Waals surface area contributed by atoms with Crippen LogP contribution < -0.4 is 24.8 Å². The van der Waals surface area contributed by atoms with E-state index in [1.807, 2.05) is 18.2 Å². The number of ether oxygens (including phenoxy) is 3. The summed E-state index contributed by atoms with van der Waals surface area (Å²) in [5.74, 6) is 0.910. The molecule has 9 nitrogen and oxygen atoms in total. The average molecular weight is 569 g/mol. The molecule has 4 rings (SSSR count). The van der Waals surface area contributed by atoms with Crippen molar-refractivity contribution in [3.05, 3.63) is 89.6 Å². The summed E-state index contributed by atoms with van der Waals surface area (Å²) in [6.45, 7) is 1.70. The van der Waals surface area contributed by atoms with Gasteiger partial charge >= 0.3 is 0 Å². The van der Waals surface area contributed by atoms with Crippen LogP contribution in [0.3, 0.4) is 0 Å². The van der Waals surface area contributed by atoms with Crippen LogP contribution in [0.2, 0.25) is 0 Å². The summed E-state index contributed by atoms with van der Waals surface area (Å²) in [6, 6.07) is 23.4. The highest BCUT2D eigenvalue weighted by atomic mass is 32.2. The fourth-order valence-corrected chi connectivity index (χ4v) is 5.00. The van der Waals surface area contributed by atoms with Crippen LogP contribution in [0, 0.1) is 18.3 Å². The number of anilines is 2. The maximum atomic E-state index is 13.6. The fourth-order valence-electron chi connectivity index (χ4n) is 4.16. The minimum absolute atomic E-state index is 0.00587. The molecule has 0 atom stereocenters. The number of hydrogen-bond acceptors (Lipinski definition) is 8. The minimum atomic E-state index is -0.420. The van der Waals surface area contributed by atoms with Gasteiger partial charge in [0.15, 0.2) is 11.5 Å². The zero-order valence-electron chi connectivity index (χ0n) is 23.0. The number of nitrogens with one attached hydrogen (secondary N) is 2. The molecule has 4 aromatic rings. The van der Waals surface area contributed by atoms with E-state index in [4.69, 9.17) is 14.2 Å². The first-order valence-corrected chi connectivity index (χ1v) is 13.5. The Balaban J connectivity index is 1.73. The van der Waals surface area contributed by atoms with Crippen LogP contribution in [-0.2, 0) is 4.79 Å². The topological polar surface area (TPSA) is 123 Å². The molecule has 2 N–H and O–H groups in total. The third-order valence-corrected chi connectivity index (χ3v) is 7.08. The van der Waals surface area contributed by atoms with Gasteiger partial charge in [-0.15, -0.1) is 0 Å². The normalized spacial score (nSPS) is 10.3. The standard InChI is InChI=1S/C31H28N4O5S/c1-19-28(30(37)35-21-8-6-5-7-9-21)29(20-10-15-25(39-3)26(16-20)40-4)24(17-32)31(33-19)41-18-27(36)34-22-11-13-23(38-2)14-12-22/h5-16H,18H2,1-4H3,(H,34,36)(H,35,37). The van der Waals surface area contributed by atoms with E-state index in [9.17, 15) is 14.9 Å². The van der Waals surface area contributed by atoms with Crippen molar-refractivity contribution < 1.29 is 23.8 Å². The molecule has 10 heteroatoms. The molecule has 0 fully saturated rings. The van der Waals surface area contributed by atoms with E-state index in [1.165, 1.54) is 14.2 Å². The second-order valence-electron chi connectivity index (χ2n) is 8.69. The molecule has 0 unspecified atom stereocenters. The third-order valence-electron chi connectivity index (χ3n) is 6.10. The molecule has 0 bridgehead atoms. The van der Waals surface area contributed by atoms with Crippen molar-refractivity contribution in [1.82, 2.24) is 4.98 Å². The molecule has 0 radical (unpaired) electrons. The molecule has 1 heterocycles. The number of amides is 2. The van der Waals surface area contributed by atoms with E-state index in [0.29, 0.717) is 50.5 Å². The Kier molecular flexibility index (Phi) is 9.45. The predicted octanol–water partition coefficient (Wildman–Crippen LogP) is 5.94. The zero-order chi connectivity index (χ0) is 29.4. The second kappa shape index (κ2) is 13.4. The quantitative estimate of drug-likeness (QED) is 0.226. The fraction of sp³-hybridized carbons (Fsp3) is 0.161. The van der Waals surface area contributed by atoms with Gasteiger partial charge in [-0.1, -0.05) is 36.0 Å². The van der Waals surface area contributed by atoms with Gasteiger partial charge in [0.2, 0.25) is 5.91 Å². The number of hydrogen-bond donors (Lipinski definition) is 2. The number of carbonyl (C=O) groups is 2. The van der Waals surface area contributed by atoms with Gasteiger partial charge < -0.3 is 24.8 Å². The lowest BCUT2D eigenvalue weighted by Gasteiger charge is -2.18. The van der Waals surface area contributed by atoms with E-state index in [1.54, 1.807) is 68.6 Å². The highest BCUT2D eigenvalue weighted by Crippen LogP contribution is 2.39. The summed E-state index contributed by atoms with van der Waals surface area (Å²) in [6.07, 6.45) is 0. The molecule has 2 amide bonds. The van der Waals surface area contributed by atoms with E-state index in [0.717, 1.165) is 11.8 Å². The molecule has 0 saturated heterocycles. The number of nitriles is 1. The Labute approximate surface area is 242 Å². The number of para-hydroxylation sites is 1. The summed E-state index contributed by atoms with van der Waals surface area (Å²) in [5.41, 5.74) is 2.97. The summed E-state index contributed by atoms with van der Waals surface area (Å²) in [4.78, 5) is 30.9. The van der Waals surface area contributed by atoms with Crippen LogP contribution >= 0.6 is 11.8 Å². The first-order chi connectivity index (χ1) is 19.9. The third kappa shape index (κ3) is 6.77. The lowest BCUT2D eigenvalue weighted by atomic mass is 9.94. The van der Waals surface area contributed by atoms with Crippen molar-refractivity contribution in [2.75, 3.05) is 37.7 Å². The smallest absolute Gasteiger partial charge is 0.258 e. The number of aryl methyl sites for hydroxylation is 1. The van der Waals surface area contributed by atoms with Gasteiger partial charge in [-0.3, -0.25) is 9.59 Å². The molecule has 0 saturated carbocycles. The molecule has 0 spiro atoms. The van der Waals surface area contributed by atoms with Crippen LogP contribution in [0.5, 0.6) is 17.2 Å². The summed E-state index contributed by atoms with van der Waals surface area (Å²) in [5, 5.41) is 16.4. The van der Waals surface area contributed by atoms with Gasteiger partial charge in [0.1, 0.15) is 16.8 Å². The zero-order valence-corrected chi connectivity index (χ0v) is 23.8. The lowest BCUT2D eigenvalue weighted by Crippen LogP contribution is -2.18. The van der Waals surface area contributed by atoms with E-state index in [-0.39, 0.29) is 22.8 Å². The minimum Gasteiger partial charge on any atom is -0.497 e. The van der Waals surface area contributed by atoms with Gasteiger partial charge in [-0.05, 0) is 61.0 Å². The van der Waals surface area contributed by atoms with Gasteiger partial charge in [0.05, 0.1) is 43.9 Å². The molecule has 41 heavy (non-hydrogen) atoms. The maximum absolute atomic E-state index is 13.6. The molecular weight excluding hydrogens is 540 g/mol. The molecule has 0 aliphatic rings. The number of carbonyl (C=O) groups excluding carboxylic acids is 2. The van der Waals surface area contributed by atoms with Crippen molar-refractivity contribution in [2.24, 2.45) is 0 Å². The predicted molar refractivity (Wildman–Crippen MR) is 159 cm³/mol. The number of aromatic nitrogens is 1. The highest BCUT2D eigenvalue weighted by Gasteiger charge is 2.26. The van der Waals surface area contributed by atoms with Crippen LogP contribution in [0.25, 0.3) is 11.1 Å². The number of benzene rings is 3. The summed E-state index contributed by atoms with van der Waals surface area (Å²) >= 11 is 1.11. The van der Waals surface area contributed by atoms with Gasteiger partial charge in [0, 0.05) is 16.9 Å². The Bertz CT molecular complexity index is 1600. The molecule has 208 valence electrons. The summed E-state index contributed by atoms with van der Waals surface area (Å²) in [7, 11) is 4.61. The van der Waals surface area contributed by atoms with Gasteiger partial charge in [-0.25, -0.2) is 4.98 Å². The molecule has 0 aliphatic heterocycles. The maximum Gasteiger partial charge on any atom is 0.258 e. The Morgan fingerprint density at radius 3 is 2.20 bits per heavy atom. The molecule has 3 aromatic carbocycles. The number of pyridine rings is 1. The number of methoxy groups -OCH3 is 3. The Morgan fingerprint density at radius 1 is 0.878 bits per heavy atom. The van der Waals surface area contributed by atoms with Crippen LogP contribution in [0.4, 0.5) is 11.4 Å². The van der Waals surface area contributed by atoms with Gasteiger partial charge in [-0.2, -0.15) is 5.26 Å². The molecule has 0 aliphatic carbocycles. The number of rotatable bonds is 10. The van der Waals surface area contributed by atoms with Crippen LogP contribution in [-0.4, -0.2) is 43.9 Å². The van der Waals surface area contributed by atoms with Crippen LogP contribution in [0.1, 0.15) is 21.6 Å². The SMILES string of the molecule is COc1ccc(NC(=O)CSc2nc(C)c(C(=O)Nc3ccccc3)c(-c3ccc(OC)c(OC)c3)c2C#N)cc1. The second-order valence-corrected chi connectivity index (χ2v) is 9.66. The largest absolute Gasteiger partial charge is 0.497 e. The first kappa shape index (κ1) is 29.0. The highest BCUT2D eigenvalue weighted by molar-refractivity contribution is 8.00. The van der Waals surface area contributed by atoms with Crippen molar-refractivity contribution in [3.8, 4) is 34.4 Å². The Morgan fingerprint density at radius 2 is 1.56 bits per heavy atom. The van der Waals surface area contributed by atoms with E-state index >= 15 is 0 Å². The van der Waals surface area contributed by atoms with Crippen LogP contribution in [0.15, 0.2) is 77.8 Å². The number of thioether (sulfide) groups is 1. The van der Waals surface area contributed by atoms with E-state index < -0.39 is 5.91 Å². The van der Waals surface area contributed by atoms with Crippen molar-refractivity contribution in [1.29, 1.82) is 5.26 Å². The van der Waals surface area contributed by atoms with Gasteiger partial charge in [0.25, 0.3) is 5.91 Å². The molecule has 1 aromatic heterocycles. The average Bonchev–Trinajstić information content (AvgIpc) is 3.00. The van der Waals surface area contributed by atoms with Crippen molar-refractivity contribution in [2.45, 2.75) is 11.9 Å². The summed E-state index contributed by atoms with van der Waals surface area (Å²) < 4.78 is 16.0. The monoisotopic (exact) mass is 568 g/mol. The van der Waals surface area contributed by atoms with E-state index in [2.05, 4.69) is 21.7 Å². The first-order valence-electron chi connectivity index (χ1n) is 12.5. The Hall–Kier alpha value is -5.01. The molecular formula is C31H28N4O5S. The van der Waals surface area contributed by atoms with Crippen molar-refractivity contribution in [3.63, 3.8) is 0 Å². The van der Waals surface area contributed by atoms with Crippen molar-refractivity contribution >= 4 is 35.0 Å².